The first kappa shape index (κ1) is 36.1. The highest BCUT2D eigenvalue weighted by Gasteiger charge is 2.22. The molecule has 0 radical (unpaired) electrons. The summed E-state index contributed by atoms with van der Waals surface area (Å²) in [5, 5.41) is 10.9. The summed E-state index contributed by atoms with van der Waals surface area (Å²) in [5.74, 6) is -1.14. The molecule has 0 spiro atoms. The van der Waals surface area contributed by atoms with Crippen molar-refractivity contribution in [2.75, 3.05) is 28.7 Å². The lowest BCUT2D eigenvalue weighted by Gasteiger charge is -2.11. The van der Waals surface area contributed by atoms with Crippen LogP contribution in [0.5, 0.6) is 5.75 Å². The molecule has 0 heterocycles. The average Bonchev–Trinajstić information content (AvgIpc) is 2.96. The Morgan fingerprint density at radius 3 is 1.62 bits per heavy atom. The zero-order valence-electron chi connectivity index (χ0n) is 23.8. The number of hydrogen-bond donors (Lipinski definition) is 10. The van der Waals surface area contributed by atoms with Crippen LogP contribution in [0.4, 0.5) is 28.4 Å². The van der Waals surface area contributed by atoms with Crippen LogP contribution in [-0.2, 0) is 30.4 Å². The fourth-order valence-electron chi connectivity index (χ4n) is 4.08. The third-order valence-electron chi connectivity index (χ3n) is 6.32. The van der Waals surface area contributed by atoms with Gasteiger partial charge in [-0.05, 0) is 66.0 Å². The van der Waals surface area contributed by atoms with Gasteiger partial charge >= 0.3 is 0 Å². The number of phenolic OH excluding ortho intramolecular Hbond substituents is 1. The molecule has 0 aliphatic rings. The molecule has 17 nitrogen and oxygen atoms in total. The highest BCUT2D eigenvalue weighted by molar-refractivity contribution is 7.86. The molecule has 0 saturated heterocycles. The van der Waals surface area contributed by atoms with Crippen LogP contribution in [0.2, 0.25) is 0 Å². The van der Waals surface area contributed by atoms with Crippen molar-refractivity contribution in [1.82, 2.24) is 0 Å². The summed E-state index contributed by atoms with van der Waals surface area (Å²) in [6.07, 6.45) is 0. The fourth-order valence-corrected chi connectivity index (χ4v) is 5.87. The summed E-state index contributed by atoms with van der Waals surface area (Å²) in [4.78, 5) is 8.86. The van der Waals surface area contributed by atoms with Gasteiger partial charge in [-0.3, -0.25) is 18.5 Å². The second-order valence-electron chi connectivity index (χ2n) is 9.61. The number of amides is 1. The maximum atomic E-state index is 11.2. The normalized spacial score (nSPS) is 11.6. The van der Waals surface area contributed by atoms with Crippen LogP contribution in [0.15, 0.2) is 87.5 Å². The number of fused-ring (bicyclic) bond motifs is 2. The van der Waals surface area contributed by atoms with Crippen molar-refractivity contribution >= 4 is 86.2 Å². The molecule has 0 saturated carbocycles. The third-order valence-corrected chi connectivity index (χ3v) is 8.98. The summed E-state index contributed by atoms with van der Waals surface area (Å²) in [7, 11) is -13.6. The van der Waals surface area contributed by atoms with Crippen LogP contribution in [0.1, 0.15) is 10.4 Å². The van der Waals surface area contributed by atoms with Crippen LogP contribution in [0.25, 0.3) is 21.5 Å². The smallest absolute Gasteiger partial charge is 0.296 e. The Morgan fingerprint density at radius 1 is 0.574 bits per heavy atom. The minimum atomic E-state index is -4.73. The minimum absolute atomic E-state index is 0.0372. The van der Waals surface area contributed by atoms with E-state index in [4.69, 9.17) is 48.1 Å². The molecule has 0 aliphatic heterocycles. The van der Waals surface area contributed by atoms with Crippen LogP contribution < -0.4 is 34.4 Å². The van der Waals surface area contributed by atoms with Crippen LogP contribution in [0.3, 0.4) is 0 Å². The highest BCUT2D eigenvalue weighted by atomic mass is 32.2. The number of anilines is 5. The maximum Gasteiger partial charge on any atom is 0.296 e. The van der Waals surface area contributed by atoms with Crippen molar-refractivity contribution in [2.45, 2.75) is 14.7 Å². The van der Waals surface area contributed by atoms with Crippen LogP contribution >= 0.6 is 0 Å². The van der Waals surface area contributed by atoms with Gasteiger partial charge in [-0.25, -0.2) is 0 Å². The number of carbonyl (C=O) groups is 1. The third kappa shape index (κ3) is 8.46. The molecule has 0 aliphatic carbocycles. The van der Waals surface area contributed by atoms with Gasteiger partial charge in [0.2, 0.25) is 5.91 Å². The minimum Gasteiger partial charge on any atom is -0.505 e. The molecule has 250 valence electrons. The van der Waals surface area contributed by atoms with E-state index in [0.717, 1.165) is 18.2 Å². The zero-order chi connectivity index (χ0) is 35.6. The summed E-state index contributed by atoms with van der Waals surface area (Å²) in [5.41, 5.74) is 33.6. The second kappa shape index (κ2) is 13.2. The van der Waals surface area contributed by atoms with Gasteiger partial charge in [-0.1, -0.05) is 12.1 Å². The fraction of sp³-hybridized carbons (Fsp3) is 0. The molecule has 1 amide bonds. The Labute approximate surface area is 267 Å². The number of nitrogen functional groups attached to an aromatic ring is 5. The predicted octanol–water partition coefficient (Wildman–Crippen LogP) is 1.82. The van der Waals surface area contributed by atoms with Gasteiger partial charge in [-0.2, -0.15) is 25.3 Å². The number of primary amides is 1. The molecule has 0 atom stereocenters. The lowest BCUT2D eigenvalue weighted by molar-refractivity contribution is 0.1000. The van der Waals surface area contributed by atoms with E-state index in [2.05, 4.69) is 0 Å². The Hall–Kier alpha value is -5.38. The predicted molar refractivity (Wildman–Crippen MR) is 176 cm³/mol. The number of aromatic hydroxyl groups is 1. The summed E-state index contributed by atoms with van der Waals surface area (Å²) in [6, 6.07) is 16.6. The Bertz CT molecular complexity index is 2380. The number of carbonyl (C=O) groups excluding carboxylic acids is 1. The van der Waals surface area contributed by atoms with E-state index in [0.29, 0.717) is 33.4 Å². The molecule has 5 rings (SSSR count). The first-order valence-corrected chi connectivity index (χ1v) is 16.8. The van der Waals surface area contributed by atoms with E-state index in [1.54, 1.807) is 36.4 Å². The van der Waals surface area contributed by atoms with E-state index >= 15 is 0 Å². The standard InChI is InChI=1S/C10H10N2O7S2.C10H10N2O3S.C7H8N2O/c11-6-3-5-4(1-7(6)20(14,15)16)2-8(21(17,18)19)9(12)10(5)13;11-9-3-4-10(12)8-5-6(16(13,14)15)1-2-7(8)9;8-6-3-1-2-5(4-6)7(9)10/h1-3,13H,11-12H2,(H,14,15,16)(H,17,18,19);1-5H,11-12H2,(H,13,14,15);1-4H,8H2,(H2,9,10). The molecule has 0 bridgehead atoms. The molecule has 0 aromatic heterocycles. The highest BCUT2D eigenvalue weighted by Crippen LogP contribution is 2.39. The number of hydrogen-bond acceptors (Lipinski definition) is 13. The lowest BCUT2D eigenvalue weighted by Crippen LogP contribution is -2.10. The largest absolute Gasteiger partial charge is 0.505 e. The average molecular weight is 709 g/mol. The molecule has 5 aromatic rings. The Balaban J connectivity index is 0.000000204. The molecular formula is C27H28N6O11S3. The van der Waals surface area contributed by atoms with Crippen LogP contribution in [0, 0.1) is 0 Å². The number of benzene rings is 5. The maximum absolute atomic E-state index is 11.2. The number of rotatable bonds is 4. The first-order valence-electron chi connectivity index (χ1n) is 12.5. The molecule has 20 heteroatoms. The van der Waals surface area contributed by atoms with Crippen molar-refractivity contribution in [3.8, 4) is 5.75 Å². The van der Waals surface area contributed by atoms with Crippen LogP contribution in [-0.4, -0.2) is 49.9 Å². The van der Waals surface area contributed by atoms with Gasteiger partial charge in [0.05, 0.1) is 16.3 Å². The van der Waals surface area contributed by atoms with E-state index in [1.807, 2.05) is 0 Å². The van der Waals surface area contributed by atoms with E-state index < -0.39 is 57.5 Å². The van der Waals surface area contributed by atoms with Gasteiger partial charge in [0, 0.05) is 38.8 Å². The van der Waals surface area contributed by atoms with E-state index in [1.165, 1.54) is 18.2 Å². The van der Waals surface area contributed by atoms with Gasteiger partial charge < -0.3 is 39.5 Å². The van der Waals surface area contributed by atoms with E-state index in [9.17, 15) is 35.2 Å². The lowest BCUT2D eigenvalue weighted by atomic mass is 10.1. The van der Waals surface area contributed by atoms with Crippen molar-refractivity contribution in [2.24, 2.45) is 5.73 Å². The van der Waals surface area contributed by atoms with Crippen molar-refractivity contribution in [3.63, 3.8) is 0 Å². The van der Waals surface area contributed by atoms with Crippen molar-refractivity contribution < 1.29 is 48.8 Å². The van der Waals surface area contributed by atoms with Gasteiger partial charge in [0.25, 0.3) is 30.4 Å². The van der Waals surface area contributed by atoms with Crippen molar-refractivity contribution in [3.05, 3.63) is 78.4 Å². The summed E-state index contributed by atoms with van der Waals surface area (Å²) >= 11 is 0. The number of nitrogens with two attached hydrogens (primary N) is 6. The van der Waals surface area contributed by atoms with Gasteiger partial charge in [0.15, 0.2) is 0 Å². The topological polar surface area (TPSA) is 357 Å². The number of phenols is 1. The Kier molecular flexibility index (Phi) is 10.1. The molecule has 5 aromatic carbocycles. The molecule has 47 heavy (non-hydrogen) atoms. The second-order valence-corrected chi connectivity index (χ2v) is 13.8. The van der Waals surface area contributed by atoms with Gasteiger partial charge in [0.1, 0.15) is 15.5 Å². The molecule has 16 N–H and O–H groups in total. The monoisotopic (exact) mass is 708 g/mol. The Morgan fingerprint density at radius 2 is 1.13 bits per heavy atom. The molecule has 0 unspecified atom stereocenters. The van der Waals surface area contributed by atoms with E-state index in [-0.39, 0.29) is 21.4 Å². The molecule has 0 fully saturated rings. The quantitative estimate of drug-likeness (QED) is 0.0722. The summed E-state index contributed by atoms with van der Waals surface area (Å²) < 4.78 is 93.5. The first-order chi connectivity index (χ1) is 21.5. The zero-order valence-corrected chi connectivity index (χ0v) is 26.2. The van der Waals surface area contributed by atoms with Crippen molar-refractivity contribution in [1.29, 1.82) is 0 Å². The SMILES string of the molecule is NC(=O)c1cccc(N)c1.Nc1cc2c(O)c(N)c(S(=O)(=O)O)cc2cc1S(=O)(=O)O.Nc1ccc(N)c2cc(S(=O)(=O)O)ccc12. The molecular weight excluding hydrogens is 681 g/mol. The summed E-state index contributed by atoms with van der Waals surface area (Å²) in [6.45, 7) is 0. The van der Waals surface area contributed by atoms with Gasteiger partial charge in [-0.15, -0.1) is 0 Å².